The van der Waals surface area contributed by atoms with Crippen LogP contribution in [0, 0.1) is 0 Å². The fraction of sp³-hybridized carbons (Fsp3) is 0.263. The third-order valence-electron chi connectivity index (χ3n) is 3.55. The molecule has 2 rings (SSSR count). The van der Waals surface area contributed by atoms with Gasteiger partial charge in [0.2, 0.25) is 0 Å². The summed E-state index contributed by atoms with van der Waals surface area (Å²) in [4.78, 5) is 19.1. The van der Waals surface area contributed by atoms with Crippen LogP contribution in [0.3, 0.4) is 0 Å². The molecule has 120 valence electrons. The molecule has 0 atom stereocenters. The molecule has 1 aromatic carbocycles. The van der Waals surface area contributed by atoms with Crippen molar-refractivity contribution in [3.8, 4) is 5.75 Å². The Morgan fingerprint density at radius 1 is 1.13 bits per heavy atom. The van der Waals surface area contributed by atoms with Crippen LogP contribution in [0.25, 0.3) is 5.70 Å². The highest BCUT2D eigenvalue weighted by Crippen LogP contribution is 2.24. The molecule has 0 bridgehead atoms. The second-order valence-electron chi connectivity index (χ2n) is 5.34. The fourth-order valence-electron chi connectivity index (χ4n) is 2.46. The van der Waals surface area contributed by atoms with Gasteiger partial charge in [0, 0.05) is 18.3 Å². The molecule has 0 aliphatic heterocycles. The number of methoxy groups -OCH3 is 1. The van der Waals surface area contributed by atoms with E-state index in [4.69, 9.17) is 4.74 Å². The number of hydrogen-bond acceptors (Lipinski definition) is 3. The number of rotatable bonds is 5. The van der Waals surface area contributed by atoms with E-state index in [0.717, 1.165) is 22.7 Å². The molecule has 1 amide bonds. The maximum atomic E-state index is 12.9. The first-order valence-electron chi connectivity index (χ1n) is 7.63. The number of pyridine rings is 1. The van der Waals surface area contributed by atoms with Crippen molar-refractivity contribution in [2.45, 2.75) is 20.8 Å². The molecule has 1 heterocycles. The summed E-state index contributed by atoms with van der Waals surface area (Å²) < 4.78 is 5.15. The van der Waals surface area contributed by atoms with E-state index >= 15 is 0 Å². The van der Waals surface area contributed by atoms with Crippen LogP contribution in [0.4, 0.5) is 0 Å². The number of benzene rings is 1. The summed E-state index contributed by atoms with van der Waals surface area (Å²) >= 11 is 0. The van der Waals surface area contributed by atoms with Crippen LogP contribution in [-0.4, -0.2) is 29.4 Å². The van der Waals surface area contributed by atoms with Crippen molar-refractivity contribution in [2.75, 3.05) is 13.7 Å². The van der Waals surface area contributed by atoms with Gasteiger partial charge < -0.3 is 9.64 Å². The second-order valence-corrected chi connectivity index (χ2v) is 5.34. The summed E-state index contributed by atoms with van der Waals surface area (Å²) in [7, 11) is 1.61. The van der Waals surface area contributed by atoms with Crippen LogP contribution in [0.5, 0.6) is 5.75 Å². The Bertz CT molecular complexity index is 687. The molecule has 0 aliphatic rings. The van der Waals surface area contributed by atoms with Gasteiger partial charge in [0.15, 0.2) is 0 Å². The number of carbonyl (C=O) groups excluding carboxylic acids is 1. The Balaban J connectivity index is 2.40. The van der Waals surface area contributed by atoms with Crippen LogP contribution in [-0.2, 0) is 0 Å². The number of allylic oxidation sites excluding steroid dienone is 1. The Hall–Kier alpha value is -2.62. The molecule has 0 fully saturated rings. The van der Waals surface area contributed by atoms with Gasteiger partial charge in [-0.15, -0.1) is 0 Å². The largest absolute Gasteiger partial charge is 0.497 e. The maximum absolute atomic E-state index is 12.9. The zero-order valence-electron chi connectivity index (χ0n) is 14.0. The lowest BCUT2D eigenvalue weighted by Crippen LogP contribution is -2.30. The van der Waals surface area contributed by atoms with Crippen molar-refractivity contribution in [1.29, 1.82) is 0 Å². The Labute approximate surface area is 137 Å². The lowest BCUT2D eigenvalue weighted by atomic mass is 10.1. The Morgan fingerprint density at radius 2 is 1.83 bits per heavy atom. The van der Waals surface area contributed by atoms with Gasteiger partial charge in [0.05, 0.1) is 18.5 Å². The van der Waals surface area contributed by atoms with E-state index < -0.39 is 0 Å². The summed E-state index contributed by atoms with van der Waals surface area (Å²) in [5.41, 5.74) is 3.33. The summed E-state index contributed by atoms with van der Waals surface area (Å²) in [6.45, 7) is 6.53. The van der Waals surface area contributed by atoms with E-state index in [1.807, 2.05) is 39.0 Å². The van der Waals surface area contributed by atoms with Crippen molar-refractivity contribution in [3.63, 3.8) is 0 Å². The number of ether oxygens (including phenoxy) is 1. The quantitative estimate of drug-likeness (QED) is 0.838. The van der Waals surface area contributed by atoms with Crippen LogP contribution in [0.15, 0.2) is 54.2 Å². The molecule has 0 aliphatic carbocycles. The number of nitrogens with zero attached hydrogens (tertiary/aromatic N) is 2. The molecule has 0 unspecified atom stereocenters. The van der Waals surface area contributed by atoms with Gasteiger partial charge in [-0.3, -0.25) is 9.78 Å². The molecule has 2 aromatic rings. The summed E-state index contributed by atoms with van der Waals surface area (Å²) in [5.74, 6) is 0.689. The Morgan fingerprint density at radius 3 is 2.30 bits per heavy atom. The van der Waals surface area contributed by atoms with E-state index in [2.05, 4.69) is 4.98 Å². The number of aromatic nitrogens is 1. The smallest absolute Gasteiger partial charge is 0.258 e. The van der Waals surface area contributed by atoms with Gasteiger partial charge in [-0.1, -0.05) is 11.6 Å². The molecule has 0 saturated carbocycles. The monoisotopic (exact) mass is 310 g/mol. The topological polar surface area (TPSA) is 42.4 Å². The number of hydrogen-bond donors (Lipinski definition) is 0. The average Bonchev–Trinajstić information content (AvgIpc) is 2.59. The van der Waals surface area contributed by atoms with Gasteiger partial charge >= 0.3 is 0 Å². The lowest BCUT2D eigenvalue weighted by molar-refractivity contribution is 0.0840. The SMILES string of the molecule is CCN(C(=O)c1ccc(OC)cc1)C(=C(C)C)c1ccccn1. The van der Waals surface area contributed by atoms with Crippen molar-refractivity contribution in [3.05, 3.63) is 65.5 Å². The van der Waals surface area contributed by atoms with E-state index in [-0.39, 0.29) is 5.91 Å². The highest BCUT2D eigenvalue weighted by molar-refractivity contribution is 5.99. The second kappa shape index (κ2) is 7.58. The van der Waals surface area contributed by atoms with E-state index in [1.54, 1.807) is 42.5 Å². The first kappa shape index (κ1) is 16.7. The van der Waals surface area contributed by atoms with Crippen molar-refractivity contribution in [1.82, 2.24) is 9.88 Å². The normalized spacial score (nSPS) is 10.1. The van der Waals surface area contributed by atoms with Gasteiger partial charge in [-0.05, 0) is 57.2 Å². The molecular weight excluding hydrogens is 288 g/mol. The minimum atomic E-state index is -0.0444. The summed E-state index contributed by atoms with van der Waals surface area (Å²) in [5, 5.41) is 0. The first-order valence-corrected chi connectivity index (χ1v) is 7.63. The highest BCUT2D eigenvalue weighted by Gasteiger charge is 2.21. The van der Waals surface area contributed by atoms with E-state index in [1.165, 1.54) is 0 Å². The molecule has 23 heavy (non-hydrogen) atoms. The standard InChI is InChI=1S/C19H22N2O2/c1-5-21(18(14(2)3)17-8-6-7-13-20-17)19(22)15-9-11-16(23-4)12-10-15/h6-13H,5H2,1-4H3. The van der Waals surface area contributed by atoms with Gasteiger partial charge in [-0.25, -0.2) is 0 Å². The fourth-order valence-corrected chi connectivity index (χ4v) is 2.46. The van der Waals surface area contributed by atoms with Gasteiger partial charge in [-0.2, -0.15) is 0 Å². The molecule has 4 heteroatoms. The van der Waals surface area contributed by atoms with Crippen LogP contribution in [0.1, 0.15) is 36.8 Å². The molecule has 0 spiro atoms. The molecule has 0 radical (unpaired) electrons. The van der Waals surface area contributed by atoms with E-state index in [9.17, 15) is 4.79 Å². The number of amides is 1. The third-order valence-corrected chi connectivity index (χ3v) is 3.55. The number of carbonyl (C=O) groups is 1. The predicted molar refractivity (Wildman–Crippen MR) is 92.2 cm³/mol. The first-order chi connectivity index (χ1) is 11.1. The van der Waals surface area contributed by atoms with Crippen LogP contribution in [0.2, 0.25) is 0 Å². The molecule has 1 aromatic heterocycles. The summed E-state index contributed by atoms with van der Waals surface area (Å²) in [6.07, 6.45) is 1.74. The maximum Gasteiger partial charge on any atom is 0.258 e. The van der Waals surface area contributed by atoms with E-state index in [0.29, 0.717) is 12.1 Å². The van der Waals surface area contributed by atoms with Gasteiger partial charge in [0.25, 0.3) is 5.91 Å². The molecule has 0 N–H and O–H groups in total. The zero-order chi connectivity index (χ0) is 16.8. The third kappa shape index (κ3) is 3.77. The minimum absolute atomic E-state index is 0.0444. The van der Waals surface area contributed by atoms with Crippen LogP contribution >= 0.6 is 0 Å². The van der Waals surface area contributed by atoms with Crippen molar-refractivity contribution >= 4 is 11.6 Å². The van der Waals surface area contributed by atoms with Crippen LogP contribution < -0.4 is 4.74 Å². The lowest BCUT2D eigenvalue weighted by Gasteiger charge is -2.25. The zero-order valence-corrected chi connectivity index (χ0v) is 14.0. The highest BCUT2D eigenvalue weighted by atomic mass is 16.5. The summed E-state index contributed by atoms with van der Waals surface area (Å²) in [6, 6.07) is 12.9. The molecular formula is C19H22N2O2. The molecule has 0 saturated heterocycles. The predicted octanol–water partition coefficient (Wildman–Crippen LogP) is 4.00. The Kier molecular flexibility index (Phi) is 5.52. The average molecular weight is 310 g/mol. The van der Waals surface area contributed by atoms with Crippen molar-refractivity contribution in [2.24, 2.45) is 0 Å². The van der Waals surface area contributed by atoms with Crippen molar-refractivity contribution < 1.29 is 9.53 Å². The minimum Gasteiger partial charge on any atom is -0.497 e. The molecule has 4 nitrogen and oxygen atoms in total. The van der Waals surface area contributed by atoms with Gasteiger partial charge in [0.1, 0.15) is 5.75 Å².